The Morgan fingerprint density at radius 3 is 2.44 bits per heavy atom. The van der Waals surface area contributed by atoms with Crippen molar-refractivity contribution in [2.45, 2.75) is 33.2 Å². The molecule has 1 fully saturated rings. The maximum Gasteiger partial charge on any atom is 0.352 e. The second-order valence-corrected chi connectivity index (χ2v) is 8.74. The number of aryl methyl sites for hydroxylation is 1. The summed E-state index contributed by atoms with van der Waals surface area (Å²) in [5.74, 6) is -1.99. The molecule has 2 aromatic carbocycles. The van der Waals surface area contributed by atoms with E-state index in [1.165, 1.54) is 29.2 Å². The molecule has 0 bridgehead atoms. The Hall–Kier alpha value is -4.08. The van der Waals surface area contributed by atoms with Gasteiger partial charge in [-0.05, 0) is 56.5 Å². The SMILES string of the molecule is CCOC(=O)C1CCCN(C(=O)c2nn(-c3ccc(C)cc3)c(=O)n(Cc3ccc(F)cc3)c2=O)C1. The quantitative estimate of drug-likeness (QED) is 0.487. The van der Waals surface area contributed by atoms with E-state index in [9.17, 15) is 23.6 Å². The number of aromatic nitrogens is 3. The molecule has 2 heterocycles. The van der Waals surface area contributed by atoms with Crippen molar-refractivity contribution in [3.63, 3.8) is 0 Å². The van der Waals surface area contributed by atoms with E-state index >= 15 is 0 Å². The van der Waals surface area contributed by atoms with Crippen LogP contribution in [0.5, 0.6) is 0 Å². The number of ether oxygens (including phenoxy) is 1. The highest BCUT2D eigenvalue weighted by molar-refractivity contribution is 5.92. The Labute approximate surface area is 206 Å². The van der Waals surface area contributed by atoms with Gasteiger partial charge in [-0.25, -0.2) is 9.18 Å². The molecule has 1 atom stereocenters. The van der Waals surface area contributed by atoms with Gasteiger partial charge in [0.05, 0.1) is 24.8 Å². The molecule has 1 aliphatic rings. The number of nitrogens with zero attached hydrogens (tertiary/aromatic N) is 4. The van der Waals surface area contributed by atoms with Crippen LogP contribution >= 0.6 is 0 Å². The molecule has 10 heteroatoms. The van der Waals surface area contributed by atoms with Gasteiger partial charge in [-0.2, -0.15) is 9.78 Å². The first kappa shape index (κ1) is 25.0. The summed E-state index contributed by atoms with van der Waals surface area (Å²) in [4.78, 5) is 53.8. The number of piperidine rings is 1. The van der Waals surface area contributed by atoms with Crippen molar-refractivity contribution in [1.29, 1.82) is 0 Å². The van der Waals surface area contributed by atoms with E-state index in [-0.39, 0.29) is 25.7 Å². The van der Waals surface area contributed by atoms with Gasteiger partial charge in [-0.15, -0.1) is 0 Å². The summed E-state index contributed by atoms with van der Waals surface area (Å²) in [7, 11) is 0. The number of benzene rings is 2. The van der Waals surface area contributed by atoms with Gasteiger partial charge in [0.25, 0.3) is 11.5 Å². The zero-order valence-electron chi connectivity index (χ0n) is 20.1. The molecule has 1 aromatic heterocycles. The maximum absolute atomic E-state index is 13.5. The van der Waals surface area contributed by atoms with E-state index < -0.39 is 34.6 Å². The first-order valence-electron chi connectivity index (χ1n) is 11.8. The Bertz CT molecular complexity index is 1380. The topological polar surface area (TPSA) is 104 Å². The summed E-state index contributed by atoms with van der Waals surface area (Å²) < 4.78 is 20.4. The highest BCUT2D eigenvalue weighted by Gasteiger charge is 2.32. The molecule has 0 N–H and O–H groups in total. The molecule has 4 rings (SSSR count). The molecule has 0 spiro atoms. The normalized spacial score (nSPS) is 15.5. The van der Waals surface area contributed by atoms with Crippen LogP contribution in [0.4, 0.5) is 4.39 Å². The first-order chi connectivity index (χ1) is 17.3. The lowest BCUT2D eigenvalue weighted by Crippen LogP contribution is -2.49. The molecule has 1 aliphatic heterocycles. The van der Waals surface area contributed by atoms with Crippen LogP contribution in [-0.4, -0.2) is 50.8 Å². The number of amides is 1. The molecule has 1 saturated heterocycles. The van der Waals surface area contributed by atoms with Gasteiger partial charge in [0.15, 0.2) is 0 Å². The summed E-state index contributed by atoms with van der Waals surface area (Å²) >= 11 is 0. The monoisotopic (exact) mass is 494 g/mol. The van der Waals surface area contributed by atoms with Gasteiger partial charge >= 0.3 is 11.7 Å². The predicted octanol–water partition coefficient (Wildman–Crippen LogP) is 2.31. The smallest absolute Gasteiger partial charge is 0.352 e. The number of carbonyl (C=O) groups is 2. The van der Waals surface area contributed by atoms with Gasteiger partial charge < -0.3 is 9.64 Å². The van der Waals surface area contributed by atoms with E-state index in [0.29, 0.717) is 30.6 Å². The van der Waals surface area contributed by atoms with E-state index in [2.05, 4.69) is 5.10 Å². The van der Waals surface area contributed by atoms with Crippen LogP contribution in [-0.2, 0) is 16.1 Å². The number of hydrogen-bond acceptors (Lipinski definition) is 6. The van der Waals surface area contributed by atoms with E-state index in [4.69, 9.17) is 4.74 Å². The minimum atomic E-state index is -0.851. The van der Waals surface area contributed by atoms with Crippen molar-refractivity contribution in [2.24, 2.45) is 5.92 Å². The molecule has 0 radical (unpaired) electrons. The second-order valence-electron chi connectivity index (χ2n) is 8.74. The van der Waals surface area contributed by atoms with Crippen LogP contribution in [0.3, 0.4) is 0 Å². The van der Waals surface area contributed by atoms with Crippen LogP contribution in [0.1, 0.15) is 41.4 Å². The van der Waals surface area contributed by atoms with E-state index in [0.717, 1.165) is 14.8 Å². The lowest BCUT2D eigenvalue weighted by Gasteiger charge is -2.31. The number of rotatable bonds is 6. The number of halogens is 1. The molecular weight excluding hydrogens is 467 g/mol. The van der Waals surface area contributed by atoms with E-state index in [1.54, 1.807) is 31.2 Å². The number of hydrogen-bond donors (Lipinski definition) is 0. The van der Waals surface area contributed by atoms with Crippen molar-refractivity contribution >= 4 is 11.9 Å². The minimum absolute atomic E-state index is 0.0976. The van der Waals surface area contributed by atoms with Gasteiger partial charge in [0, 0.05) is 13.1 Å². The summed E-state index contributed by atoms with van der Waals surface area (Å²) in [6.07, 6.45) is 1.14. The maximum atomic E-state index is 13.5. The van der Waals surface area contributed by atoms with Crippen LogP contribution < -0.4 is 11.2 Å². The van der Waals surface area contributed by atoms with Gasteiger partial charge in [0.2, 0.25) is 5.69 Å². The molecular formula is C26H27FN4O5. The van der Waals surface area contributed by atoms with Crippen LogP contribution in [0, 0.1) is 18.7 Å². The van der Waals surface area contributed by atoms with Crippen molar-refractivity contribution in [3.05, 3.63) is 92.0 Å². The molecule has 0 aliphatic carbocycles. The minimum Gasteiger partial charge on any atom is -0.466 e. The summed E-state index contributed by atoms with van der Waals surface area (Å²) in [6, 6.07) is 12.3. The fourth-order valence-corrected chi connectivity index (χ4v) is 4.18. The largest absolute Gasteiger partial charge is 0.466 e. The predicted molar refractivity (Wildman–Crippen MR) is 130 cm³/mol. The Morgan fingerprint density at radius 1 is 1.08 bits per heavy atom. The number of likely N-dealkylation sites (tertiary alicyclic amines) is 1. The zero-order valence-corrected chi connectivity index (χ0v) is 20.1. The summed E-state index contributed by atoms with van der Waals surface area (Å²) in [6.45, 7) is 4.11. The summed E-state index contributed by atoms with van der Waals surface area (Å²) in [5.41, 5.74) is -0.155. The molecule has 188 valence electrons. The molecule has 1 amide bonds. The Kier molecular flexibility index (Phi) is 7.42. The van der Waals surface area contributed by atoms with Gasteiger partial charge in [0.1, 0.15) is 5.82 Å². The lowest BCUT2D eigenvalue weighted by molar-refractivity contribution is -0.149. The highest BCUT2D eigenvalue weighted by Crippen LogP contribution is 2.19. The third-order valence-corrected chi connectivity index (χ3v) is 6.12. The third kappa shape index (κ3) is 5.27. The van der Waals surface area contributed by atoms with Crippen molar-refractivity contribution in [2.75, 3.05) is 19.7 Å². The third-order valence-electron chi connectivity index (χ3n) is 6.12. The number of carbonyl (C=O) groups excluding carboxylic acids is 2. The second kappa shape index (κ2) is 10.7. The van der Waals surface area contributed by atoms with Crippen LogP contribution in [0.15, 0.2) is 58.1 Å². The lowest BCUT2D eigenvalue weighted by atomic mass is 9.98. The average Bonchev–Trinajstić information content (AvgIpc) is 2.88. The van der Waals surface area contributed by atoms with Crippen molar-refractivity contribution < 1.29 is 18.7 Å². The molecule has 0 saturated carbocycles. The summed E-state index contributed by atoms with van der Waals surface area (Å²) in [5, 5.41) is 4.17. The molecule has 9 nitrogen and oxygen atoms in total. The Morgan fingerprint density at radius 2 is 1.78 bits per heavy atom. The van der Waals surface area contributed by atoms with Gasteiger partial charge in [-0.1, -0.05) is 29.8 Å². The molecule has 3 aromatic rings. The van der Waals surface area contributed by atoms with Crippen LogP contribution in [0.25, 0.3) is 5.69 Å². The van der Waals surface area contributed by atoms with Crippen molar-refractivity contribution in [3.8, 4) is 5.69 Å². The average molecular weight is 495 g/mol. The molecule has 36 heavy (non-hydrogen) atoms. The van der Waals surface area contributed by atoms with Crippen LogP contribution in [0.2, 0.25) is 0 Å². The molecule has 1 unspecified atom stereocenters. The number of esters is 1. The first-order valence-corrected chi connectivity index (χ1v) is 11.8. The van der Waals surface area contributed by atoms with E-state index in [1.807, 2.05) is 6.92 Å². The zero-order chi connectivity index (χ0) is 25.8. The fourth-order valence-electron chi connectivity index (χ4n) is 4.18. The standard InChI is InChI=1S/C26H27FN4O5/c1-3-36-25(34)19-5-4-14-29(16-19)23(32)22-24(33)30(15-18-8-10-20(27)11-9-18)26(35)31(28-22)21-12-6-17(2)7-13-21/h6-13,19H,3-5,14-16H2,1-2H3. The van der Waals surface area contributed by atoms with Gasteiger partial charge in [-0.3, -0.25) is 19.0 Å². The Balaban J connectivity index is 1.78. The fraction of sp³-hybridized carbons (Fsp3) is 0.346. The highest BCUT2D eigenvalue weighted by atomic mass is 19.1. The van der Waals surface area contributed by atoms with Crippen molar-refractivity contribution in [1.82, 2.24) is 19.2 Å².